The van der Waals surface area contributed by atoms with Crippen molar-refractivity contribution >= 4 is 17.1 Å². The van der Waals surface area contributed by atoms with Gasteiger partial charge in [-0.05, 0) is 179 Å². The van der Waals surface area contributed by atoms with Crippen LogP contribution in [0, 0.1) is 23.7 Å². The molecule has 4 fully saturated rings. The SMILES string of the molecule is CC1(C)CCC(C)(C)c2cc(N(c3ccc4c(c3)Oc3ccc(-c5ccccc5)cc3C43C4CC5CC(C4)CC3C5)c3ccc4c(c3)C(C)(C)CCC4(C)C)ccc21. The minimum absolute atomic E-state index is 0.0205. The second kappa shape index (κ2) is 12.4. The molecule has 58 heavy (non-hydrogen) atoms. The zero-order valence-electron chi connectivity index (χ0n) is 36.3. The molecule has 0 aromatic heterocycles. The number of benzene rings is 5. The fourth-order valence-corrected chi connectivity index (χ4v) is 13.8. The maximum atomic E-state index is 7.24. The monoisotopic (exact) mass is 765 g/mol. The van der Waals surface area contributed by atoms with Gasteiger partial charge in [0.15, 0.2) is 0 Å². The molecule has 4 bridgehead atoms. The highest BCUT2D eigenvalue weighted by Gasteiger charge is 2.61. The Labute approximate surface area is 348 Å². The fraction of sp³-hybridized carbons (Fsp3) is 0.464. The summed E-state index contributed by atoms with van der Waals surface area (Å²) in [5.41, 5.74) is 15.7. The molecule has 4 saturated carbocycles. The number of fused-ring (bicyclic) bond motifs is 4. The second-order valence-corrected chi connectivity index (χ2v) is 22.4. The van der Waals surface area contributed by atoms with Crippen molar-refractivity contribution in [2.75, 3.05) is 4.90 Å². The van der Waals surface area contributed by atoms with Crippen molar-refractivity contribution in [1.82, 2.24) is 0 Å². The Hall–Kier alpha value is -4.30. The van der Waals surface area contributed by atoms with Crippen LogP contribution in [0.15, 0.2) is 103 Å². The molecule has 12 rings (SSSR count). The van der Waals surface area contributed by atoms with Crippen LogP contribution in [0.1, 0.15) is 147 Å². The zero-order chi connectivity index (χ0) is 40.0. The Morgan fingerprint density at radius 2 is 0.897 bits per heavy atom. The lowest BCUT2D eigenvalue weighted by Crippen LogP contribution is -2.57. The van der Waals surface area contributed by atoms with E-state index in [1.807, 2.05) is 0 Å². The molecular weight excluding hydrogens is 703 g/mol. The Balaban J connectivity index is 1.11. The van der Waals surface area contributed by atoms with Crippen LogP contribution in [0.3, 0.4) is 0 Å². The normalized spacial score (nSPS) is 28.5. The van der Waals surface area contributed by atoms with Crippen LogP contribution in [0.5, 0.6) is 11.5 Å². The van der Waals surface area contributed by atoms with E-state index in [0.717, 1.165) is 23.3 Å². The molecular formula is C56H63NO. The van der Waals surface area contributed by atoms with E-state index in [1.165, 1.54) is 119 Å². The smallest absolute Gasteiger partial charge is 0.133 e. The first kappa shape index (κ1) is 36.8. The van der Waals surface area contributed by atoms with E-state index >= 15 is 0 Å². The summed E-state index contributed by atoms with van der Waals surface area (Å²) in [5.74, 6) is 5.19. The lowest BCUT2D eigenvalue weighted by atomic mass is 9.41. The predicted molar refractivity (Wildman–Crippen MR) is 241 cm³/mol. The molecule has 1 heterocycles. The summed E-state index contributed by atoms with van der Waals surface area (Å²) >= 11 is 0. The van der Waals surface area contributed by atoms with Crippen LogP contribution in [0.2, 0.25) is 0 Å². The first-order chi connectivity index (χ1) is 27.6. The van der Waals surface area contributed by atoms with Gasteiger partial charge < -0.3 is 9.64 Å². The van der Waals surface area contributed by atoms with Gasteiger partial charge in [0.1, 0.15) is 11.5 Å². The van der Waals surface area contributed by atoms with Crippen LogP contribution >= 0.6 is 0 Å². The highest BCUT2D eigenvalue weighted by atomic mass is 16.5. The van der Waals surface area contributed by atoms with E-state index in [1.54, 1.807) is 0 Å². The van der Waals surface area contributed by atoms with Gasteiger partial charge in [0.05, 0.1) is 0 Å². The van der Waals surface area contributed by atoms with Gasteiger partial charge >= 0.3 is 0 Å². The van der Waals surface area contributed by atoms with Gasteiger partial charge in [0.25, 0.3) is 0 Å². The Bertz CT molecular complexity index is 2350. The summed E-state index contributed by atoms with van der Waals surface area (Å²) in [5, 5.41) is 0. The predicted octanol–water partition coefficient (Wildman–Crippen LogP) is 15.4. The summed E-state index contributed by atoms with van der Waals surface area (Å²) in [6, 6.07) is 40.4. The van der Waals surface area contributed by atoms with Gasteiger partial charge in [-0.1, -0.05) is 110 Å². The maximum Gasteiger partial charge on any atom is 0.133 e. The van der Waals surface area contributed by atoms with E-state index in [2.05, 4.69) is 163 Å². The summed E-state index contributed by atoms with van der Waals surface area (Å²) in [6.45, 7) is 19.6. The van der Waals surface area contributed by atoms with Crippen LogP contribution in [0.4, 0.5) is 17.1 Å². The van der Waals surface area contributed by atoms with Gasteiger partial charge in [-0.2, -0.15) is 0 Å². The van der Waals surface area contributed by atoms with E-state index in [-0.39, 0.29) is 27.1 Å². The van der Waals surface area contributed by atoms with Crippen molar-refractivity contribution < 1.29 is 4.74 Å². The van der Waals surface area contributed by atoms with Crippen molar-refractivity contribution in [2.24, 2.45) is 23.7 Å². The van der Waals surface area contributed by atoms with Gasteiger partial charge in [-0.25, -0.2) is 0 Å². The molecule has 5 aromatic rings. The standard InChI is InChI=1S/C56H63NO/c1-52(2)22-24-54(5,6)47-32-41(15-18-44(47)52)57(42-16-19-45-48(33-42)55(7,8)25-23-53(45,3)4)43-17-20-46-51(34-43)58-50-21-14-38(37-12-10-9-11-13-37)31-49(50)56(46)39-27-35-26-36(29-39)30-40(56)28-35/h9-21,31-36,39-40H,22-30H2,1-8H3. The Morgan fingerprint density at radius 3 is 1.43 bits per heavy atom. The minimum Gasteiger partial charge on any atom is -0.457 e. The number of hydrogen-bond donors (Lipinski definition) is 0. The molecule has 6 aliphatic carbocycles. The molecule has 2 nitrogen and oxygen atoms in total. The lowest BCUT2D eigenvalue weighted by molar-refractivity contribution is -0.0452. The third-order valence-electron chi connectivity index (χ3n) is 17.0. The molecule has 0 saturated heterocycles. The first-order valence-corrected chi connectivity index (χ1v) is 22.8. The molecule has 0 amide bonds. The molecule has 0 unspecified atom stereocenters. The molecule has 1 spiro atoms. The van der Waals surface area contributed by atoms with E-state index in [9.17, 15) is 0 Å². The van der Waals surface area contributed by atoms with E-state index < -0.39 is 0 Å². The quantitative estimate of drug-likeness (QED) is 0.181. The second-order valence-electron chi connectivity index (χ2n) is 22.4. The lowest BCUT2D eigenvalue weighted by Gasteiger charge is -2.63. The molecule has 0 atom stereocenters. The van der Waals surface area contributed by atoms with Crippen LogP contribution in [0.25, 0.3) is 11.1 Å². The van der Waals surface area contributed by atoms with Gasteiger partial charge in [0, 0.05) is 39.7 Å². The molecule has 7 aliphatic rings. The van der Waals surface area contributed by atoms with E-state index in [4.69, 9.17) is 4.74 Å². The molecule has 298 valence electrons. The van der Waals surface area contributed by atoms with Crippen molar-refractivity contribution in [3.8, 4) is 22.6 Å². The average Bonchev–Trinajstić information content (AvgIpc) is 3.20. The molecule has 0 radical (unpaired) electrons. The van der Waals surface area contributed by atoms with Crippen LogP contribution in [-0.4, -0.2) is 0 Å². The fourth-order valence-electron chi connectivity index (χ4n) is 13.8. The van der Waals surface area contributed by atoms with E-state index in [0.29, 0.717) is 11.8 Å². The maximum absolute atomic E-state index is 7.24. The average molecular weight is 766 g/mol. The number of ether oxygens (including phenoxy) is 1. The number of rotatable bonds is 4. The summed E-state index contributed by atoms with van der Waals surface area (Å²) in [6.07, 6.45) is 11.7. The highest BCUT2D eigenvalue weighted by Crippen LogP contribution is 2.69. The van der Waals surface area contributed by atoms with Crippen molar-refractivity contribution in [3.05, 3.63) is 137 Å². The summed E-state index contributed by atoms with van der Waals surface area (Å²) < 4.78 is 7.24. The number of nitrogens with zero attached hydrogens (tertiary/aromatic N) is 1. The molecule has 2 heteroatoms. The van der Waals surface area contributed by atoms with Gasteiger partial charge in [0.2, 0.25) is 0 Å². The van der Waals surface area contributed by atoms with Crippen LogP contribution in [-0.2, 0) is 27.1 Å². The van der Waals surface area contributed by atoms with Crippen molar-refractivity contribution in [2.45, 2.75) is 140 Å². The van der Waals surface area contributed by atoms with Gasteiger partial charge in [-0.3, -0.25) is 0 Å². The van der Waals surface area contributed by atoms with Gasteiger partial charge in [-0.15, -0.1) is 0 Å². The summed E-state index contributed by atoms with van der Waals surface area (Å²) in [4.78, 5) is 2.57. The Morgan fingerprint density at radius 1 is 0.414 bits per heavy atom. The third kappa shape index (κ3) is 5.34. The van der Waals surface area contributed by atoms with Crippen LogP contribution < -0.4 is 9.64 Å². The molecule has 0 N–H and O–H groups in total. The Kier molecular flexibility index (Phi) is 7.84. The topological polar surface area (TPSA) is 12.5 Å². The largest absolute Gasteiger partial charge is 0.457 e. The molecule has 1 aliphatic heterocycles. The molecule has 5 aromatic carbocycles. The number of anilines is 3. The highest BCUT2D eigenvalue weighted by molar-refractivity contribution is 5.81. The summed E-state index contributed by atoms with van der Waals surface area (Å²) in [7, 11) is 0. The zero-order valence-corrected chi connectivity index (χ0v) is 36.3. The van der Waals surface area contributed by atoms with Crippen molar-refractivity contribution in [3.63, 3.8) is 0 Å². The number of hydrogen-bond acceptors (Lipinski definition) is 2. The first-order valence-electron chi connectivity index (χ1n) is 22.8. The minimum atomic E-state index is -0.0205. The third-order valence-corrected chi connectivity index (χ3v) is 17.0. The van der Waals surface area contributed by atoms with Crippen molar-refractivity contribution in [1.29, 1.82) is 0 Å².